The minimum atomic E-state index is -0.0504. The zero-order valence-corrected chi connectivity index (χ0v) is 11.9. The summed E-state index contributed by atoms with van der Waals surface area (Å²) >= 11 is 0. The highest BCUT2D eigenvalue weighted by Crippen LogP contribution is 2.34. The number of benzene rings is 1. The minimum absolute atomic E-state index is 0.00726. The zero-order valence-electron chi connectivity index (χ0n) is 11.9. The van der Waals surface area contributed by atoms with E-state index in [4.69, 9.17) is 10.5 Å². The third-order valence-electron chi connectivity index (χ3n) is 4.62. The number of nitrogens with two attached hydrogens (primary N) is 1. The number of carbonyl (C=O) groups is 1. The Morgan fingerprint density at radius 3 is 2.85 bits per heavy atom. The molecule has 0 aromatic heterocycles. The van der Waals surface area contributed by atoms with Crippen molar-refractivity contribution in [3.63, 3.8) is 0 Å². The maximum Gasteiger partial charge on any atom is 0.309 e. The molecule has 3 unspecified atom stereocenters. The van der Waals surface area contributed by atoms with Crippen LogP contribution in [0.1, 0.15) is 55.8 Å². The Kier molecular flexibility index (Phi) is 4.06. The van der Waals surface area contributed by atoms with Crippen molar-refractivity contribution < 1.29 is 9.53 Å². The van der Waals surface area contributed by atoms with Crippen LogP contribution in [0.2, 0.25) is 0 Å². The largest absolute Gasteiger partial charge is 0.457 e. The Hall–Kier alpha value is -1.35. The molecule has 1 aromatic carbocycles. The summed E-state index contributed by atoms with van der Waals surface area (Å²) in [5.41, 5.74) is 8.50. The van der Waals surface area contributed by atoms with Gasteiger partial charge in [-0.3, -0.25) is 4.79 Å². The van der Waals surface area contributed by atoms with Gasteiger partial charge >= 0.3 is 5.97 Å². The molecule has 0 saturated heterocycles. The van der Waals surface area contributed by atoms with Crippen molar-refractivity contribution in [2.45, 2.75) is 57.1 Å². The van der Waals surface area contributed by atoms with Gasteiger partial charge in [-0.15, -0.1) is 0 Å². The van der Waals surface area contributed by atoms with Gasteiger partial charge in [-0.1, -0.05) is 30.7 Å². The van der Waals surface area contributed by atoms with E-state index in [0.29, 0.717) is 0 Å². The molecule has 2 aliphatic carbocycles. The van der Waals surface area contributed by atoms with Gasteiger partial charge in [-0.05, 0) is 49.7 Å². The minimum Gasteiger partial charge on any atom is -0.457 e. The molecule has 2 aliphatic rings. The summed E-state index contributed by atoms with van der Waals surface area (Å²) in [5.74, 6) is -0.0327. The number of fused-ring (bicyclic) bond motifs is 1. The summed E-state index contributed by atoms with van der Waals surface area (Å²) in [5, 5.41) is 0. The van der Waals surface area contributed by atoms with E-state index in [1.165, 1.54) is 11.1 Å². The van der Waals surface area contributed by atoms with E-state index in [-0.39, 0.29) is 24.0 Å². The highest BCUT2D eigenvalue weighted by Gasteiger charge is 2.30. The van der Waals surface area contributed by atoms with E-state index < -0.39 is 0 Å². The molecule has 1 saturated carbocycles. The fourth-order valence-corrected chi connectivity index (χ4v) is 3.51. The second kappa shape index (κ2) is 5.96. The van der Waals surface area contributed by atoms with Gasteiger partial charge in [0.2, 0.25) is 0 Å². The highest BCUT2D eigenvalue weighted by atomic mass is 16.5. The average molecular weight is 273 g/mol. The van der Waals surface area contributed by atoms with Crippen molar-refractivity contribution in [3.8, 4) is 0 Å². The van der Waals surface area contributed by atoms with Gasteiger partial charge in [0, 0.05) is 6.04 Å². The second-order valence-corrected chi connectivity index (χ2v) is 6.14. The number of hydrogen-bond donors (Lipinski definition) is 1. The smallest absolute Gasteiger partial charge is 0.309 e. The fraction of sp³-hybridized carbons (Fsp3) is 0.588. The molecule has 2 N–H and O–H groups in total. The number of esters is 1. The summed E-state index contributed by atoms with van der Waals surface area (Å²) < 4.78 is 5.81. The van der Waals surface area contributed by atoms with E-state index >= 15 is 0 Å². The maximum atomic E-state index is 12.3. The molecule has 3 nitrogen and oxygen atoms in total. The molecule has 108 valence electrons. The summed E-state index contributed by atoms with van der Waals surface area (Å²) in [6.45, 7) is 0. The Bertz CT molecular complexity index is 486. The van der Waals surface area contributed by atoms with Crippen LogP contribution in [0.25, 0.3) is 0 Å². The number of aryl methyl sites for hydroxylation is 1. The molecule has 3 atom stereocenters. The van der Waals surface area contributed by atoms with Crippen LogP contribution < -0.4 is 5.73 Å². The van der Waals surface area contributed by atoms with Crippen molar-refractivity contribution in [1.82, 2.24) is 0 Å². The lowest BCUT2D eigenvalue weighted by Gasteiger charge is -2.29. The third-order valence-corrected chi connectivity index (χ3v) is 4.62. The molecule has 1 aromatic rings. The molecule has 0 heterocycles. The van der Waals surface area contributed by atoms with Gasteiger partial charge in [0.05, 0.1) is 5.92 Å². The van der Waals surface area contributed by atoms with Gasteiger partial charge in [0.25, 0.3) is 0 Å². The second-order valence-electron chi connectivity index (χ2n) is 6.14. The molecule has 0 amide bonds. The van der Waals surface area contributed by atoms with E-state index in [9.17, 15) is 4.79 Å². The molecular weight excluding hydrogens is 250 g/mol. The number of carbonyl (C=O) groups excluding carboxylic acids is 1. The zero-order chi connectivity index (χ0) is 13.9. The quantitative estimate of drug-likeness (QED) is 0.842. The molecular formula is C17H23NO2. The molecule has 1 fully saturated rings. The maximum absolute atomic E-state index is 12.3. The van der Waals surface area contributed by atoms with Crippen LogP contribution in [-0.4, -0.2) is 12.0 Å². The number of rotatable bonds is 2. The highest BCUT2D eigenvalue weighted by molar-refractivity contribution is 5.73. The number of ether oxygens (including phenoxy) is 1. The van der Waals surface area contributed by atoms with E-state index in [2.05, 4.69) is 18.2 Å². The normalized spacial score (nSPS) is 29.6. The summed E-state index contributed by atoms with van der Waals surface area (Å²) in [4.78, 5) is 12.3. The first kappa shape index (κ1) is 13.6. The Balaban J connectivity index is 1.68. The van der Waals surface area contributed by atoms with E-state index in [1.54, 1.807) is 0 Å². The summed E-state index contributed by atoms with van der Waals surface area (Å²) in [6.07, 6.45) is 6.89. The topological polar surface area (TPSA) is 52.3 Å². The van der Waals surface area contributed by atoms with Gasteiger partial charge in [0.1, 0.15) is 6.10 Å². The first-order valence-electron chi connectivity index (χ1n) is 7.78. The van der Waals surface area contributed by atoms with Crippen LogP contribution >= 0.6 is 0 Å². The van der Waals surface area contributed by atoms with Crippen LogP contribution in [0.15, 0.2) is 24.3 Å². The Labute approximate surface area is 120 Å². The molecule has 0 aliphatic heterocycles. The van der Waals surface area contributed by atoms with Crippen molar-refractivity contribution >= 4 is 5.97 Å². The van der Waals surface area contributed by atoms with Gasteiger partial charge in [-0.25, -0.2) is 0 Å². The SMILES string of the molecule is NC1CCCC(C(=O)OC2CCCc3ccccc32)C1. The molecule has 20 heavy (non-hydrogen) atoms. The first-order chi connectivity index (χ1) is 9.74. The molecule has 3 heteroatoms. The lowest BCUT2D eigenvalue weighted by molar-refractivity contribution is -0.156. The monoisotopic (exact) mass is 273 g/mol. The molecule has 0 spiro atoms. The lowest BCUT2D eigenvalue weighted by Crippen LogP contribution is -2.33. The van der Waals surface area contributed by atoms with Crippen molar-refractivity contribution in [1.29, 1.82) is 0 Å². The predicted molar refractivity (Wildman–Crippen MR) is 78.1 cm³/mol. The Morgan fingerprint density at radius 2 is 2.00 bits per heavy atom. The predicted octanol–water partition coefficient (Wildman–Crippen LogP) is 3.12. The first-order valence-corrected chi connectivity index (χ1v) is 7.78. The van der Waals surface area contributed by atoms with Crippen LogP contribution in [0.4, 0.5) is 0 Å². The van der Waals surface area contributed by atoms with Crippen molar-refractivity contribution in [2.24, 2.45) is 11.7 Å². The van der Waals surface area contributed by atoms with Crippen LogP contribution in [-0.2, 0) is 16.0 Å². The van der Waals surface area contributed by atoms with Crippen molar-refractivity contribution in [3.05, 3.63) is 35.4 Å². The van der Waals surface area contributed by atoms with Gasteiger partial charge < -0.3 is 10.5 Å². The fourth-order valence-electron chi connectivity index (χ4n) is 3.51. The molecule has 0 bridgehead atoms. The average Bonchev–Trinajstić information content (AvgIpc) is 2.47. The Morgan fingerprint density at radius 1 is 1.15 bits per heavy atom. The van der Waals surface area contributed by atoms with E-state index in [1.807, 2.05) is 6.07 Å². The van der Waals surface area contributed by atoms with Crippen molar-refractivity contribution in [2.75, 3.05) is 0 Å². The van der Waals surface area contributed by atoms with Gasteiger partial charge in [0.15, 0.2) is 0 Å². The summed E-state index contributed by atoms with van der Waals surface area (Å²) in [7, 11) is 0. The summed E-state index contributed by atoms with van der Waals surface area (Å²) in [6, 6.07) is 8.50. The molecule has 3 rings (SSSR count). The van der Waals surface area contributed by atoms with Gasteiger partial charge in [-0.2, -0.15) is 0 Å². The van der Waals surface area contributed by atoms with Crippen LogP contribution in [0.5, 0.6) is 0 Å². The number of hydrogen-bond acceptors (Lipinski definition) is 3. The lowest BCUT2D eigenvalue weighted by atomic mass is 9.85. The molecule has 0 radical (unpaired) electrons. The standard InChI is InChI=1S/C17H23NO2/c18-14-8-3-7-13(11-14)17(19)20-16-10-4-6-12-5-1-2-9-15(12)16/h1-2,5,9,13-14,16H,3-4,6-8,10-11,18H2. The third kappa shape index (κ3) is 2.88. The van der Waals surface area contributed by atoms with E-state index in [0.717, 1.165) is 44.9 Å². The van der Waals surface area contributed by atoms with Crippen LogP contribution in [0, 0.1) is 5.92 Å². The van der Waals surface area contributed by atoms with Crippen LogP contribution in [0.3, 0.4) is 0 Å².